The quantitative estimate of drug-likeness (QED) is 0.422. The molecule has 0 amide bonds. The Morgan fingerprint density at radius 1 is 1.21 bits per heavy atom. The SMILES string of the molecule is C=C/C(F)=c1/nc(N)o/c1=C\c1c(Cl)cc2c(N3CC4CCC(C3)N4)nc(=O)n3c2c1OCC3CN1CCN(CC)CC1. The van der Waals surface area contributed by atoms with Crippen molar-refractivity contribution in [1.29, 1.82) is 0 Å². The summed E-state index contributed by atoms with van der Waals surface area (Å²) in [5.74, 6) is 0.354. The van der Waals surface area contributed by atoms with E-state index in [1.54, 1.807) is 10.6 Å². The topological polar surface area (TPSA) is 118 Å². The van der Waals surface area contributed by atoms with Gasteiger partial charge in [0.2, 0.25) is 0 Å². The minimum Gasteiger partial charge on any atom is -0.488 e. The van der Waals surface area contributed by atoms with Crippen LogP contribution < -0.4 is 37.1 Å². The summed E-state index contributed by atoms with van der Waals surface area (Å²) in [6.07, 6.45) is 4.79. The number of halogens is 2. The van der Waals surface area contributed by atoms with Crippen molar-refractivity contribution in [3.8, 4) is 5.75 Å². The zero-order valence-electron chi connectivity index (χ0n) is 24.2. The molecule has 0 saturated carbocycles. The Bertz CT molecular complexity index is 1750. The molecular formula is C30H36ClFN8O3. The van der Waals surface area contributed by atoms with Crippen LogP contribution >= 0.6 is 11.6 Å². The number of likely N-dealkylation sites (N-methyl/N-ethyl adjacent to an activating group) is 1. The van der Waals surface area contributed by atoms with Gasteiger partial charge in [-0.25, -0.2) is 9.18 Å². The van der Waals surface area contributed by atoms with Crippen molar-refractivity contribution in [1.82, 2.24) is 29.7 Å². The number of nitrogens with zero attached hydrogens (tertiary/aromatic N) is 6. The van der Waals surface area contributed by atoms with Gasteiger partial charge < -0.3 is 30.0 Å². The molecule has 2 aromatic heterocycles. The molecule has 3 aromatic rings. The lowest BCUT2D eigenvalue weighted by atomic mass is 10.0. The number of hydrogen-bond acceptors (Lipinski definition) is 10. The van der Waals surface area contributed by atoms with E-state index >= 15 is 0 Å². The molecule has 3 saturated heterocycles. The number of piperazine rings is 2. The van der Waals surface area contributed by atoms with Crippen molar-refractivity contribution >= 4 is 46.2 Å². The van der Waals surface area contributed by atoms with E-state index in [0.717, 1.165) is 70.1 Å². The van der Waals surface area contributed by atoms with E-state index in [1.165, 1.54) is 0 Å². The van der Waals surface area contributed by atoms with Crippen LogP contribution in [0.1, 0.15) is 31.4 Å². The zero-order chi connectivity index (χ0) is 29.8. The van der Waals surface area contributed by atoms with Gasteiger partial charge in [0.05, 0.1) is 16.6 Å². The number of fused-ring (bicyclic) bond motifs is 2. The molecule has 11 nitrogen and oxygen atoms in total. The van der Waals surface area contributed by atoms with Gasteiger partial charge in [0.25, 0.3) is 6.01 Å². The summed E-state index contributed by atoms with van der Waals surface area (Å²) in [6, 6.07) is 2.10. The smallest absolute Gasteiger partial charge is 0.350 e. The first-order valence-corrected chi connectivity index (χ1v) is 15.3. The number of nitrogens with one attached hydrogen (secondary N) is 1. The summed E-state index contributed by atoms with van der Waals surface area (Å²) in [6.45, 7) is 12.9. The van der Waals surface area contributed by atoms with Crippen LogP contribution in [-0.4, -0.2) is 95.4 Å². The molecule has 13 heteroatoms. The van der Waals surface area contributed by atoms with Crippen molar-refractivity contribution in [2.45, 2.75) is 37.9 Å². The molecule has 0 radical (unpaired) electrons. The van der Waals surface area contributed by atoms with E-state index in [2.05, 4.69) is 43.5 Å². The lowest BCUT2D eigenvalue weighted by molar-refractivity contribution is 0.106. The normalized spacial score (nSPS) is 25.3. The lowest BCUT2D eigenvalue weighted by Crippen LogP contribution is -2.52. The number of allylic oxidation sites excluding steroid dienone is 1. The number of hydrogen-bond donors (Lipinski definition) is 2. The third kappa shape index (κ3) is 5.09. The van der Waals surface area contributed by atoms with Gasteiger partial charge in [-0.05, 0) is 37.6 Å². The zero-order valence-corrected chi connectivity index (χ0v) is 24.9. The molecule has 0 aliphatic carbocycles. The van der Waals surface area contributed by atoms with Crippen LogP contribution in [0.25, 0.3) is 22.8 Å². The Kier molecular flexibility index (Phi) is 7.40. The maximum atomic E-state index is 14.6. The molecule has 228 valence electrons. The molecule has 43 heavy (non-hydrogen) atoms. The molecule has 3 fully saturated rings. The Morgan fingerprint density at radius 2 is 1.93 bits per heavy atom. The van der Waals surface area contributed by atoms with Gasteiger partial charge in [-0.3, -0.25) is 9.47 Å². The minimum absolute atomic E-state index is 0.0776. The highest BCUT2D eigenvalue weighted by atomic mass is 35.5. The molecule has 7 rings (SSSR count). The number of nitrogen functional groups attached to an aromatic ring is 1. The molecule has 6 heterocycles. The summed E-state index contributed by atoms with van der Waals surface area (Å²) in [7, 11) is 0. The molecule has 4 aliphatic rings. The second-order valence-electron chi connectivity index (χ2n) is 11.8. The lowest BCUT2D eigenvalue weighted by Gasteiger charge is -2.38. The van der Waals surface area contributed by atoms with Crippen LogP contribution in [-0.2, 0) is 0 Å². The van der Waals surface area contributed by atoms with Crippen LogP contribution in [0.2, 0.25) is 5.02 Å². The maximum absolute atomic E-state index is 14.6. The van der Waals surface area contributed by atoms with Gasteiger partial charge in [0.15, 0.2) is 17.0 Å². The van der Waals surface area contributed by atoms with Crippen molar-refractivity contribution in [2.75, 3.05) is 69.6 Å². The van der Waals surface area contributed by atoms with Crippen molar-refractivity contribution in [3.05, 3.63) is 50.6 Å². The first-order chi connectivity index (χ1) is 20.8. The highest BCUT2D eigenvalue weighted by Gasteiger charge is 2.36. The van der Waals surface area contributed by atoms with E-state index in [9.17, 15) is 9.18 Å². The number of ether oxygens (including phenoxy) is 1. The molecule has 2 bridgehead atoms. The summed E-state index contributed by atoms with van der Waals surface area (Å²) < 4.78 is 28.4. The van der Waals surface area contributed by atoms with Gasteiger partial charge in [-0.1, -0.05) is 25.1 Å². The molecule has 3 atom stereocenters. The fourth-order valence-electron chi connectivity index (χ4n) is 6.99. The van der Waals surface area contributed by atoms with Crippen molar-refractivity contribution < 1.29 is 13.5 Å². The van der Waals surface area contributed by atoms with Gasteiger partial charge in [-0.15, -0.1) is 0 Å². The highest BCUT2D eigenvalue weighted by Crippen LogP contribution is 2.42. The van der Waals surface area contributed by atoms with Crippen LogP contribution in [0.5, 0.6) is 5.75 Å². The van der Waals surface area contributed by atoms with Crippen LogP contribution in [0.4, 0.5) is 16.2 Å². The number of benzene rings is 1. The third-order valence-corrected chi connectivity index (χ3v) is 9.48. The highest BCUT2D eigenvalue weighted by molar-refractivity contribution is 6.33. The standard InChI is InChI=1S/C30H36ClFN8O3/c1-3-23(32)25-24(43-29(33)35-25)12-20-22(31)11-21-26-27(20)42-16-19(15-38-9-7-37(4-2)8-10-38)40(26)30(41)36-28(21)39-13-17-5-6-18(14-39)34-17/h3,11-12,17-19,34H,1,4-10,13-16H2,2H3,(H2,33,35)/b24-12-,25-23-. The predicted molar refractivity (Wildman–Crippen MR) is 165 cm³/mol. The molecule has 0 spiro atoms. The fourth-order valence-corrected chi connectivity index (χ4v) is 7.24. The van der Waals surface area contributed by atoms with Gasteiger partial charge in [0, 0.05) is 68.8 Å². The molecule has 4 aliphatic heterocycles. The number of rotatable bonds is 6. The monoisotopic (exact) mass is 610 g/mol. The Labute approximate surface area is 253 Å². The van der Waals surface area contributed by atoms with E-state index in [1.807, 2.05) is 6.07 Å². The molecule has 3 N–H and O–H groups in total. The average molecular weight is 611 g/mol. The fraction of sp³-hybridized carbons (Fsp3) is 0.500. The number of aromatic nitrogens is 3. The number of oxazole rings is 1. The average Bonchev–Trinajstić information content (AvgIpc) is 3.56. The van der Waals surface area contributed by atoms with Gasteiger partial charge in [-0.2, -0.15) is 9.97 Å². The summed E-state index contributed by atoms with van der Waals surface area (Å²) >= 11 is 6.94. The largest absolute Gasteiger partial charge is 0.488 e. The maximum Gasteiger partial charge on any atom is 0.350 e. The number of nitrogens with two attached hydrogens (primary N) is 1. The van der Waals surface area contributed by atoms with Crippen LogP contribution in [0.3, 0.4) is 0 Å². The Morgan fingerprint density at radius 3 is 2.63 bits per heavy atom. The van der Waals surface area contributed by atoms with Crippen molar-refractivity contribution in [3.63, 3.8) is 0 Å². The first kappa shape index (κ1) is 28.3. The molecular weight excluding hydrogens is 575 g/mol. The van der Waals surface area contributed by atoms with E-state index in [4.69, 9.17) is 26.5 Å². The number of anilines is 2. The van der Waals surface area contributed by atoms with Gasteiger partial charge in [0.1, 0.15) is 17.8 Å². The van der Waals surface area contributed by atoms with Gasteiger partial charge >= 0.3 is 5.69 Å². The van der Waals surface area contributed by atoms with E-state index < -0.39 is 5.83 Å². The minimum atomic E-state index is -0.682. The summed E-state index contributed by atoms with van der Waals surface area (Å²) in [4.78, 5) is 29.6. The van der Waals surface area contributed by atoms with Crippen molar-refractivity contribution in [2.24, 2.45) is 0 Å². The Hall–Kier alpha value is -3.45. The summed E-state index contributed by atoms with van der Waals surface area (Å²) in [5.41, 5.74) is 6.62. The molecule has 1 aromatic carbocycles. The van der Waals surface area contributed by atoms with Crippen LogP contribution in [0.15, 0.2) is 27.9 Å². The second-order valence-corrected chi connectivity index (χ2v) is 12.2. The third-order valence-electron chi connectivity index (χ3n) is 9.17. The first-order valence-electron chi connectivity index (χ1n) is 15.0. The van der Waals surface area contributed by atoms with E-state index in [-0.39, 0.29) is 35.1 Å². The molecule has 3 unspecified atom stereocenters. The Balaban J connectivity index is 1.40. The predicted octanol–water partition coefficient (Wildman–Crippen LogP) is 1.22. The second kappa shape index (κ2) is 11.2. The summed E-state index contributed by atoms with van der Waals surface area (Å²) in [5, 5.41) is 4.66. The van der Waals surface area contributed by atoms with E-state index in [0.29, 0.717) is 46.3 Å². The van der Waals surface area contributed by atoms with Crippen LogP contribution in [0, 0.1) is 0 Å².